The van der Waals surface area contributed by atoms with Crippen LogP contribution in [0.3, 0.4) is 0 Å². The molecule has 0 saturated heterocycles. The molecule has 0 amide bonds. The van der Waals surface area contributed by atoms with E-state index < -0.39 is 0 Å². The standard InChI is InChI=1S/C13H27NO2/c1-11-5-4-6-13(7-11,10-16)14-8-12(2,3)9-15/h11,14-16H,4-10H2,1-3H3. The second-order valence-electron chi connectivity index (χ2n) is 6.32. The Morgan fingerprint density at radius 1 is 1.38 bits per heavy atom. The predicted molar refractivity (Wildman–Crippen MR) is 66.3 cm³/mol. The SMILES string of the molecule is CC1CCCC(CO)(NCC(C)(C)CO)C1. The summed E-state index contributed by atoms with van der Waals surface area (Å²) in [6.07, 6.45) is 4.56. The van der Waals surface area contributed by atoms with Crippen LogP contribution in [0.2, 0.25) is 0 Å². The fourth-order valence-corrected chi connectivity index (χ4v) is 2.50. The van der Waals surface area contributed by atoms with E-state index in [0.29, 0.717) is 5.92 Å². The van der Waals surface area contributed by atoms with Crippen LogP contribution in [0.1, 0.15) is 46.5 Å². The minimum absolute atomic E-state index is 0.107. The van der Waals surface area contributed by atoms with Crippen LogP contribution in [0.5, 0.6) is 0 Å². The maximum Gasteiger partial charge on any atom is 0.0613 e. The lowest BCUT2D eigenvalue weighted by Crippen LogP contribution is -2.54. The lowest BCUT2D eigenvalue weighted by molar-refractivity contribution is 0.0758. The lowest BCUT2D eigenvalue weighted by atomic mass is 9.76. The lowest BCUT2D eigenvalue weighted by Gasteiger charge is -2.41. The van der Waals surface area contributed by atoms with E-state index in [1.165, 1.54) is 12.8 Å². The van der Waals surface area contributed by atoms with Crippen molar-refractivity contribution in [2.75, 3.05) is 19.8 Å². The van der Waals surface area contributed by atoms with Gasteiger partial charge in [0.2, 0.25) is 0 Å². The highest BCUT2D eigenvalue weighted by atomic mass is 16.3. The Hall–Kier alpha value is -0.120. The Balaban J connectivity index is 2.53. The molecule has 1 aliphatic carbocycles. The third kappa shape index (κ3) is 3.72. The highest BCUT2D eigenvalue weighted by Crippen LogP contribution is 2.32. The van der Waals surface area contributed by atoms with Gasteiger partial charge in [-0.2, -0.15) is 0 Å². The summed E-state index contributed by atoms with van der Waals surface area (Å²) in [5.41, 5.74) is -0.215. The molecule has 16 heavy (non-hydrogen) atoms. The summed E-state index contributed by atoms with van der Waals surface area (Å²) in [6.45, 7) is 7.48. The fourth-order valence-electron chi connectivity index (χ4n) is 2.50. The summed E-state index contributed by atoms with van der Waals surface area (Å²) in [6, 6.07) is 0. The number of rotatable bonds is 5. The first-order chi connectivity index (χ1) is 7.43. The Morgan fingerprint density at radius 2 is 2.06 bits per heavy atom. The van der Waals surface area contributed by atoms with Gasteiger partial charge in [0.05, 0.1) is 6.61 Å². The van der Waals surface area contributed by atoms with Gasteiger partial charge >= 0.3 is 0 Å². The van der Waals surface area contributed by atoms with Crippen LogP contribution in [0.25, 0.3) is 0 Å². The Kier molecular flexibility index (Phi) is 4.77. The molecule has 0 radical (unpaired) electrons. The van der Waals surface area contributed by atoms with Crippen LogP contribution >= 0.6 is 0 Å². The predicted octanol–water partition coefficient (Wildman–Crippen LogP) is 1.54. The first kappa shape index (κ1) is 13.9. The van der Waals surface area contributed by atoms with Crippen molar-refractivity contribution in [1.82, 2.24) is 5.32 Å². The molecule has 1 aliphatic rings. The van der Waals surface area contributed by atoms with Crippen LogP contribution in [-0.2, 0) is 0 Å². The Bertz CT molecular complexity index is 218. The van der Waals surface area contributed by atoms with Crippen molar-refractivity contribution >= 4 is 0 Å². The average molecular weight is 229 g/mol. The molecule has 0 bridgehead atoms. The molecular weight excluding hydrogens is 202 g/mol. The van der Waals surface area contributed by atoms with Gasteiger partial charge in [-0.3, -0.25) is 0 Å². The first-order valence-corrected chi connectivity index (χ1v) is 6.40. The molecule has 1 fully saturated rings. The third-order valence-electron chi connectivity index (χ3n) is 3.76. The van der Waals surface area contributed by atoms with Gasteiger partial charge in [0, 0.05) is 24.1 Å². The first-order valence-electron chi connectivity index (χ1n) is 6.40. The molecular formula is C13H27NO2. The third-order valence-corrected chi connectivity index (χ3v) is 3.76. The van der Waals surface area contributed by atoms with Crippen molar-refractivity contribution < 1.29 is 10.2 Å². The van der Waals surface area contributed by atoms with Crippen LogP contribution in [-0.4, -0.2) is 35.5 Å². The van der Waals surface area contributed by atoms with E-state index in [2.05, 4.69) is 12.2 Å². The zero-order valence-electron chi connectivity index (χ0n) is 10.9. The molecule has 3 nitrogen and oxygen atoms in total. The zero-order chi connectivity index (χ0) is 12.2. The van der Waals surface area contributed by atoms with Crippen molar-refractivity contribution in [2.45, 2.75) is 52.0 Å². The summed E-state index contributed by atoms with van der Waals surface area (Å²) in [5, 5.41) is 22.3. The summed E-state index contributed by atoms with van der Waals surface area (Å²) in [7, 11) is 0. The van der Waals surface area contributed by atoms with Crippen molar-refractivity contribution in [3.8, 4) is 0 Å². The number of hydrogen-bond donors (Lipinski definition) is 3. The molecule has 3 N–H and O–H groups in total. The minimum atomic E-state index is -0.108. The van der Waals surface area contributed by atoms with Crippen molar-refractivity contribution in [3.63, 3.8) is 0 Å². The van der Waals surface area contributed by atoms with Gasteiger partial charge in [-0.05, 0) is 18.8 Å². The molecule has 3 heteroatoms. The summed E-state index contributed by atoms with van der Waals surface area (Å²) >= 11 is 0. The van der Waals surface area contributed by atoms with Gasteiger partial charge in [0.1, 0.15) is 0 Å². The largest absolute Gasteiger partial charge is 0.396 e. The molecule has 2 unspecified atom stereocenters. The van der Waals surface area contributed by atoms with E-state index >= 15 is 0 Å². The van der Waals surface area contributed by atoms with Crippen molar-refractivity contribution in [3.05, 3.63) is 0 Å². The highest BCUT2D eigenvalue weighted by Gasteiger charge is 2.35. The molecule has 96 valence electrons. The van der Waals surface area contributed by atoms with Crippen molar-refractivity contribution in [1.29, 1.82) is 0 Å². The maximum atomic E-state index is 9.60. The summed E-state index contributed by atoms with van der Waals surface area (Å²) < 4.78 is 0. The van der Waals surface area contributed by atoms with Crippen LogP contribution < -0.4 is 5.32 Å². The number of aliphatic hydroxyl groups excluding tert-OH is 2. The number of aliphatic hydroxyl groups is 2. The van der Waals surface area contributed by atoms with Gasteiger partial charge in [-0.1, -0.05) is 33.6 Å². The second kappa shape index (κ2) is 5.48. The monoisotopic (exact) mass is 229 g/mol. The topological polar surface area (TPSA) is 52.5 Å². The smallest absolute Gasteiger partial charge is 0.0613 e. The minimum Gasteiger partial charge on any atom is -0.396 e. The van der Waals surface area contributed by atoms with Crippen molar-refractivity contribution in [2.24, 2.45) is 11.3 Å². The van der Waals surface area contributed by atoms with Crippen LogP contribution in [0.4, 0.5) is 0 Å². The molecule has 0 aliphatic heterocycles. The van der Waals surface area contributed by atoms with Crippen LogP contribution in [0, 0.1) is 11.3 Å². The molecule has 0 heterocycles. The molecule has 0 spiro atoms. The number of hydrogen-bond acceptors (Lipinski definition) is 3. The van der Waals surface area contributed by atoms with Gasteiger partial charge in [0.25, 0.3) is 0 Å². The summed E-state index contributed by atoms with van der Waals surface area (Å²) in [4.78, 5) is 0. The van der Waals surface area contributed by atoms with Gasteiger partial charge in [-0.25, -0.2) is 0 Å². The van der Waals surface area contributed by atoms with Gasteiger partial charge in [0.15, 0.2) is 0 Å². The Morgan fingerprint density at radius 3 is 2.56 bits per heavy atom. The maximum absolute atomic E-state index is 9.60. The van der Waals surface area contributed by atoms with E-state index in [0.717, 1.165) is 19.4 Å². The molecule has 0 aromatic carbocycles. The number of nitrogens with one attached hydrogen (secondary N) is 1. The highest BCUT2D eigenvalue weighted by molar-refractivity contribution is 4.93. The van der Waals surface area contributed by atoms with E-state index in [1.54, 1.807) is 0 Å². The second-order valence-corrected chi connectivity index (χ2v) is 6.32. The zero-order valence-corrected chi connectivity index (χ0v) is 10.9. The normalized spacial score (nSPS) is 31.7. The fraction of sp³-hybridized carbons (Fsp3) is 1.00. The van der Waals surface area contributed by atoms with E-state index in [-0.39, 0.29) is 24.2 Å². The Labute approximate surface area is 99.3 Å². The van der Waals surface area contributed by atoms with Crippen LogP contribution in [0.15, 0.2) is 0 Å². The molecule has 1 saturated carbocycles. The molecule has 0 aromatic rings. The van der Waals surface area contributed by atoms with Gasteiger partial charge < -0.3 is 15.5 Å². The summed E-state index contributed by atoms with van der Waals surface area (Å²) in [5.74, 6) is 0.686. The van der Waals surface area contributed by atoms with Gasteiger partial charge in [-0.15, -0.1) is 0 Å². The van der Waals surface area contributed by atoms with E-state index in [4.69, 9.17) is 0 Å². The molecule has 1 rings (SSSR count). The van der Waals surface area contributed by atoms with E-state index in [9.17, 15) is 10.2 Å². The van der Waals surface area contributed by atoms with E-state index in [1.807, 2.05) is 13.8 Å². The average Bonchev–Trinajstić information content (AvgIpc) is 2.27. The molecule has 0 aromatic heterocycles. The quantitative estimate of drug-likeness (QED) is 0.670. The molecule has 2 atom stereocenters.